The van der Waals surface area contributed by atoms with Crippen LogP contribution in [0, 0.1) is 6.92 Å². The maximum atomic E-state index is 11.4. The van der Waals surface area contributed by atoms with Gasteiger partial charge in [-0.05, 0) is 37.5 Å². The predicted octanol–water partition coefficient (Wildman–Crippen LogP) is 2.42. The lowest BCUT2D eigenvalue weighted by molar-refractivity contribution is -0.00868. The molecule has 0 spiro atoms. The molecule has 5 nitrogen and oxygen atoms in total. The summed E-state index contributed by atoms with van der Waals surface area (Å²) in [5, 5.41) is 9.32. The van der Waals surface area contributed by atoms with Gasteiger partial charge < -0.3 is 20.5 Å². The zero-order chi connectivity index (χ0) is 15.0. The number of carbonyl (C=O) groups is 1. The van der Waals surface area contributed by atoms with Crippen LogP contribution < -0.4 is 10.6 Å². The molecule has 0 aromatic heterocycles. The van der Waals surface area contributed by atoms with Crippen molar-refractivity contribution in [1.29, 1.82) is 0 Å². The molecular formula is C16H22N2O3. The molecule has 2 fully saturated rings. The molecule has 2 unspecified atom stereocenters. The van der Waals surface area contributed by atoms with Gasteiger partial charge in [0.1, 0.15) is 0 Å². The van der Waals surface area contributed by atoms with Crippen molar-refractivity contribution >= 4 is 17.3 Å². The lowest BCUT2D eigenvalue weighted by Crippen LogP contribution is -2.52. The number of rotatable bonds is 2. The number of nitrogens with two attached hydrogens (primary N) is 1. The molecule has 0 amide bonds. The van der Waals surface area contributed by atoms with Crippen molar-refractivity contribution in [2.75, 3.05) is 23.8 Å². The third kappa shape index (κ3) is 2.58. The Morgan fingerprint density at radius 1 is 1.38 bits per heavy atom. The molecule has 0 bridgehead atoms. The lowest BCUT2D eigenvalue weighted by Gasteiger charge is -2.45. The summed E-state index contributed by atoms with van der Waals surface area (Å²) in [5.74, 6) is -0.967. The predicted molar refractivity (Wildman–Crippen MR) is 81.9 cm³/mol. The van der Waals surface area contributed by atoms with Crippen molar-refractivity contribution in [3.63, 3.8) is 0 Å². The normalized spacial score (nSPS) is 25.5. The van der Waals surface area contributed by atoms with Crippen LogP contribution in [0.3, 0.4) is 0 Å². The Balaban J connectivity index is 1.97. The van der Waals surface area contributed by atoms with Gasteiger partial charge in [0.25, 0.3) is 0 Å². The van der Waals surface area contributed by atoms with Crippen molar-refractivity contribution < 1.29 is 14.6 Å². The van der Waals surface area contributed by atoms with E-state index in [0.29, 0.717) is 18.3 Å². The highest BCUT2D eigenvalue weighted by Crippen LogP contribution is 2.34. The van der Waals surface area contributed by atoms with Crippen LogP contribution in [0.5, 0.6) is 0 Å². The Morgan fingerprint density at radius 3 is 2.90 bits per heavy atom. The summed E-state index contributed by atoms with van der Waals surface area (Å²) in [6, 6.07) is 4.07. The van der Waals surface area contributed by atoms with E-state index in [1.807, 2.05) is 13.0 Å². The van der Waals surface area contributed by atoms with Gasteiger partial charge in [-0.15, -0.1) is 0 Å². The second-order valence-corrected chi connectivity index (χ2v) is 5.98. The molecule has 1 aliphatic heterocycles. The summed E-state index contributed by atoms with van der Waals surface area (Å²) in [5.41, 5.74) is 8.23. The molecule has 2 aliphatic rings. The number of ether oxygens (including phenoxy) is 1. The van der Waals surface area contributed by atoms with Crippen molar-refractivity contribution in [2.45, 2.75) is 44.8 Å². The molecule has 1 saturated heterocycles. The fraction of sp³-hybridized carbons (Fsp3) is 0.562. The molecule has 0 radical (unpaired) electrons. The highest BCUT2D eigenvalue weighted by atomic mass is 16.5. The quantitative estimate of drug-likeness (QED) is 0.818. The maximum Gasteiger partial charge on any atom is 0.337 e. The fourth-order valence-corrected chi connectivity index (χ4v) is 3.54. The largest absolute Gasteiger partial charge is 0.478 e. The highest BCUT2D eigenvalue weighted by Gasteiger charge is 2.34. The van der Waals surface area contributed by atoms with E-state index in [0.717, 1.165) is 30.6 Å². The summed E-state index contributed by atoms with van der Waals surface area (Å²) < 4.78 is 5.88. The average molecular weight is 290 g/mol. The maximum absolute atomic E-state index is 11.4. The number of anilines is 2. The smallest absolute Gasteiger partial charge is 0.337 e. The minimum Gasteiger partial charge on any atom is -0.478 e. The fourth-order valence-electron chi connectivity index (χ4n) is 3.54. The molecule has 1 saturated carbocycles. The van der Waals surface area contributed by atoms with E-state index in [4.69, 9.17) is 10.5 Å². The number of benzene rings is 1. The first-order valence-corrected chi connectivity index (χ1v) is 7.59. The van der Waals surface area contributed by atoms with Crippen molar-refractivity contribution in [3.8, 4) is 0 Å². The van der Waals surface area contributed by atoms with Crippen molar-refractivity contribution in [2.24, 2.45) is 0 Å². The Morgan fingerprint density at radius 2 is 2.14 bits per heavy atom. The molecule has 21 heavy (non-hydrogen) atoms. The Bertz CT molecular complexity index is 557. The highest BCUT2D eigenvalue weighted by molar-refractivity contribution is 5.95. The van der Waals surface area contributed by atoms with Crippen LogP contribution >= 0.6 is 0 Å². The van der Waals surface area contributed by atoms with Gasteiger partial charge in [-0.3, -0.25) is 0 Å². The van der Waals surface area contributed by atoms with E-state index in [9.17, 15) is 9.90 Å². The van der Waals surface area contributed by atoms with E-state index in [2.05, 4.69) is 4.90 Å². The van der Waals surface area contributed by atoms with Crippen LogP contribution in [0.25, 0.3) is 0 Å². The zero-order valence-corrected chi connectivity index (χ0v) is 12.3. The molecule has 1 aromatic rings. The summed E-state index contributed by atoms with van der Waals surface area (Å²) in [6.45, 7) is 3.38. The lowest BCUT2D eigenvalue weighted by atomic mass is 9.89. The van der Waals surface area contributed by atoms with Gasteiger partial charge in [-0.25, -0.2) is 4.79 Å². The number of nitrogens with zero attached hydrogens (tertiary/aromatic N) is 1. The van der Waals surface area contributed by atoms with Crippen LogP contribution in [-0.2, 0) is 4.74 Å². The first kappa shape index (κ1) is 14.2. The molecule has 3 N–H and O–H groups in total. The average Bonchev–Trinajstić information content (AvgIpc) is 2.49. The molecule has 1 heterocycles. The number of carboxylic acids is 1. The van der Waals surface area contributed by atoms with E-state index >= 15 is 0 Å². The van der Waals surface area contributed by atoms with Crippen LogP contribution in [0.4, 0.5) is 11.4 Å². The van der Waals surface area contributed by atoms with Gasteiger partial charge in [0.05, 0.1) is 24.3 Å². The second-order valence-electron chi connectivity index (χ2n) is 5.98. The first-order chi connectivity index (χ1) is 10.1. The molecule has 1 aromatic carbocycles. The van der Waals surface area contributed by atoms with Crippen LogP contribution in [-0.4, -0.2) is 36.4 Å². The number of hydrogen-bond donors (Lipinski definition) is 2. The van der Waals surface area contributed by atoms with Crippen LogP contribution in [0.15, 0.2) is 12.1 Å². The van der Waals surface area contributed by atoms with E-state index in [1.54, 1.807) is 6.07 Å². The van der Waals surface area contributed by atoms with E-state index < -0.39 is 5.97 Å². The number of carboxylic acid groups (broad SMARTS) is 1. The summed E-state index contributed by atoms with van der Waals surface area (Å²) in [4.78, 5) is 13.7. The third-order valence-electron chi connectivity index (χ3n) is 4.67. The van der Waals surface area contributed by atoms with E-state index in [-0.39, 0.29) is 11.7 Å². The monoisotopic (exact) mass is 290 g/mol. The van der Waals surface area contributed by atoms with Gasteiger partial charge in [-0.1, -0.05) is 12.8 Å². The minimum absolute atomic E-state index is 0.198. The van der Waals surface area contributed by atoms with Gasteiger partial charge in [-0.2, -0.15) is 0 Å². The number of aromatic carboxylic acids is 1. The van der Waals surface area contributed by atoms with Crippen LogP contribution in [0.1, 0.15) is 41.6 Å². The van der Waals surface area contributed by atoms with Gasteiger partial charge in [0, 0.05) is 17.9 Å². The number of aryl methyl sites for hydroxylation is 1. The zero-order valence-electron chi connectivity index (χ0n) is 12.3. The number of fused-ring (bicyclic) bond motifs is 1. The Labute approximate surface area is 124 Å². The molecule has 5 heteroatoms. The molecule has 114 valence electrons. The standard InChI is InChI=1S/C16H22N2O3/c1-10-8-11(9-12(15(10)17)16(19)20)18-6-7-21-14-5-3-2-4-13(14)18/h8-9,13-14H,2-7,17H2,1H3,(H,19,20). The van der Waals surface area contributed by atoms with Gasteiger partial charge >= 0.3 is 5.97 Å². The van der Waals surface area contributed by atoms with Crippen LogP contribution in [0.2, 0.25) is 0 Å². The SMILES string of the molecule is Cc1cc(N2CCOC3CCCCC32)cc(C(=O)O)c1N. The summed E-state index contributed by atoms with van der Waals surface area (Å²) >= 11 is 0. The van der Waals surface area contributed by atoms with Crippen molar-refractivity contribution in [1.82, 2.24) is 0 Å². The number of hydrogen-bond acceptors (Lipinski definition) is 4. The molecule has 3 rings (SSSR count). The number of nitrogen functional groups attached to an aromatic ring is 1. The molecule has 2 atom stereocenters. The number of morpholine rings is 1. The van der Waals surface area contributed by atoms with Crippen molar-refractivity contribution in [3.05, 3.63) is 23.3 Å². The Hall–Kier alpha value is -1.75. The third-order valence-corrected chi connectivity index (χ3v) is 4.67. The van der Waals surface area contributed by atoms with E-state index in [1.165, 1.54) is 12.8 Å². The molecule has 1 aliphatic carbocycles. The topological polar surface area (TPSA) is 75.8 Å². The first-order valence-electron chi connectivity index (χ1n) is 7.59. The minimum atomic E-state index is -0.967. The van der Waals surface area contributed by atoms with Gasteiger partial charge in [0.15, 0.2) is 0 Å². The Kier molecular flexibility index (Phi) is 3.76. The molecular weight excluding hydrogens is 268 g/mol. The van der Waals surface area contributed by atoms with Gasteiger partial charge in [0.2, 0.25) is 0 Å². The summed E-state index contributed by atoms with van der Waals surface area (Å²) in [7, 11) is 0. The second kappa shape index (κ2) is 5.56. The summed E-state index contributed by atoms with van der Waals surface area (Å²) in [6.07, 6.45) is 4.91.